The van der Waals surface area contributed by atoms with Crippen molar-refractivity contribution in [3.63, 3.8) is 0 Å². The van der Waals surface area contributed by atoms with Crippen LogP contribution in [-0.2, 0) is 28.6 Å². The molecule has 1 fully saturated rings. The maximum atomic E-state index is 14.3. The Hall–Kier alpha value is -5.87. The average molecular weight is 806 g/mol. The summed E-state index contributed by atoms with van der Waals surface area (Å²) in [5.74, 6) is 3.04. The summed E-state index contributed by atoms with van der Waals surface area (Å²) in [6.07, 6.45) is 16.0. The molecule has 59 heavy (non-hydrogen) atoms. The number of methoxy groups -OCH3 is 1. The average Bonchev–Trinajstić information content (AvgIpc) is 3.50. The van der Waals surface area contributed by atoms with E-state index in [-0.39, 0.29) is 62.6 Å². The second kappa shape index (κ2) is 18.8. The molecule has 13 heteroatoms. The van der Waals surface area contributed by atoms with E-state index < -0.39 is 29.5 Å². The van der Waals surface area contributed by atoms with Crippen molar-refractivity contribution in [3.8, 4) is 17.6 Å². The van der Waals surface area contributed by atoms with Gasteiger partial charge < -0.3 is 29.7 Å². The summed E-state index contributed by atoms with van der Waals surface area (Å²) in [5, 5.41) is 33.0. The number of benzene rings is 1. The van der Waals surface area contributed by atoms with Crippen LogP contribution < -0.4 is 15.8 Å². The molecule has 3 aliphatic rings. The Labute approximate surface area is 344 Å². The van der Waals surface area contributed by atoms with Crippen molar-refractivity contribution >= 4 is 57.8 Å². The third-order valence-corrected chi connectivity index (χ3v) is 11.2. The van der Waals surface area contributed by atoms with Crippen molar-refractivity contribution in [1.29, 1.82) is 0 Å². The Balaban J connectivity index is 1.57. The van der Waals surface area contributed by atoms with Crippen LogP contribution in [0.2, 0.25) is 0 Å². The van der Waals surface area contributed by atoms with E-state index >= 15 is 0 Å². The highest BCUT2D eigenvalue weighted by atomic mass is 16.5. The molecule has 13 nitrogen and oxygen atoms in total. The summed E-state index contributed by atoms with van der Waals surface area (Å²) in [6.45, 7) is 13.2. The number of imidazole rings is 1. The van der Waals surface area contributed by atoms with Gasteiger partial charge >= 0.3 is 11.9 Å². The van der Waals surface area contributed by atoms with Gasteiger partial charge in [0.2, 0.25) is 0 Å². The zero-order chi connectivity index (χ0) is 42.4. The van der Waals surface area contributed by atoms with Gasteiger partial charge in [0.25, 0.3) is 5.91 Å². The molecule has 3 N–H and O–H groups in total. The number of cyclic esters (lactones) is 1. The predicted molar refractivity (Wildman–Crippen MR) is 227 cm³/mol. The number of esters is 2. The molecule has 3 unspecified atom stereocenters. The van der Waals surface area contributed by atoms with Crippen molar-refractivity contribution < 1.29 is 38.8 Å². The summed E-state index contributed by atoms with van der Waals surface area (Å²) >= 11 is 0. The molecule has 3 aromatic rings. The lowest BCUT2D eigenvalue weighted by molar-refractivity contribution is -0.152. The van der Waals surface area contributed by atoms with Crippen LogP contribution in [0.25, 0.3) is 28.0 Å². The Kier molecular flexibility index (Phi) is 13.6. The van der Waals surface area contributed by atoms with Crippen molar-refractivity contribution in [2.24, 2.45) is 28.8 Å². The van der Waals surface area contributed by atoms with Gasteiger partial charge in [-0.2, -0.15) is 5.10 Å². The Morgan fingerprint density at radius 3 is 2.56 bits per heavy atom. The van der Waals surface area contributed by atoms with E-state index in [2.05, 4.69) is 37.9 Å². The fraction of sp³-hybridized carbons (Fsp3) is 0.457. The second-order valence-corrected chi connectivity index (χ2v) is 16.2. The van der Waals surface area contributed by atoms with E-state index in [1.165, 1.54) is 26.7 Å². The van der Waals surface area contributed by atoms with Gasteiger partial charge in [-0.15, -0.1) is 0 Å². The minimum atomic E-state index is -1.21. The van der Waals surface area contributed by atoms with Crippen molar-refractivity contribution in [2.75, 3.05) is 25.5 Å². The number of hydrogen-bond acceptors (Lipinski definition) is 11. The lowest BCUT2D eigenvalue weighted by atomic mass is 9.82. The van der Waals surface area contributed by atoms with Crippen molar-refractivity contribution in [3.05, 3.63) is 70.5 Å². The number of fused-ring (bicyclic) bond motifs is 1. The molecule has 6 rings (SSSR count). The van der Waals surface area contributed by atoms with Gasteiger partial charge in [0, 0.05) is 49.7 Å². The van der Waals surface area contributed by atoms with E-state index in [1.807, 2.05) is 30.2 Å². The van der Waals surface area contributed by atoms with Crippen LogP contribution in [0.15, 0.2) is 59.6 Å². The summed E-state index contributed by atoms with van der Waals surface area (Å²) < 4.78 is 19.0. The number of amides is 1. The predicted octanol–water partition coefficient (Wildman–Crippen LogP) is 6.02. The number of hydrazone groups is 1. The van der Waals surface area contributed by atoms with Gasteiger partial charge in [-0.1, -0.05) is 51.8 Å². The molecule has 0 radical (unpaired) electrons. The van der Waals surface area contributed by atoms with E-state index in [1.54, 1.807) is 42.0 Å². The molecule has 0 saturated carbocycles. The van der Waals surface area contributed by atoms with Crippen LogP contribution in [0.1, 0.15) is 85.6 Å². The number of carbonyl (C=O) groups is 3. The lowest BCUT2D eigenvalue weighted by Crippen LogP contribution is -2.37. The van der Waals surface area contributed by atoms with Gasteiger partial charge in [-0.25, -0.2) is 9.78 Å². The zero-order valence-electron chi connectivity index (χ0n) is 34.9. The zero-order valence-corrected chi connectivity index (χ0v) is 34.9. The molecule has 4 heterocycles. The first-order valence-electron chi connectivity index (χ1n) is 20.4. The molecule has 1 saturated heterocycles. The van der Waals surface area contributed by atoms with Crippen LogP contribution in [0.5, 0.6) is 5.75 Å². The first-order valence-corrected chi connectivity index (χ1v) is 20.4. The largest absolute Gasteiger partial charge is 0.505 e. The number of piperidine rings is 1. The van der Waals surface area contributed by atoms with Gasteiger partial charge in [-0.05, 0) is 93.2 Å². The maximum absolute atomic E-state index is 14.3. The molecule has 2 aromatic heterocycles. The van der Waals surface area contributed by atoms with E-state index in [4.69, 9.17) is 24.3 Å². The third-order valence-electron chi connectivity index (χ3n) is 11.2. The number of ether oxygens (including phenoxy) is 3. The molecule has 2 bridgehead atoms. The van der Waals surface area contributed by atoms with Gasteiger partial charge in [0.05, 0.1) is 23.3 Å². The number of pyridine rings is 1. The lowest BCUT2D eigenvalue weighted by Gasteiger charge is -2.30. The van der Waals surface area contributed by atoms with Crippen LogP contribution in [0, 0.1) is 35.5 Å². The van der Waals surface area contributed by atoms with E-state index in [0.717, 1.165) is 44.3 Å². The van der Waals surface area contributed by atoms with Gasteiger partial charge in [0.15, 0.2) is 17.6 Å². The number of carbonyl (C=O) groups excluding carboxylic acids is 3. The highest BCUT2D eigenvalue weighted by molar-refractivity contribution is 6.16. The summed E-state index contributed by atoms with van der Waals surface area (Å²) in [5.41, 5.74) is 1.78. The number of phenols is 1. The van der Waals surface area contributed by atoms with Crippen LogP contribution in [-0.4, -0.2) is 81.1 Å². The molecule has 6 atom stereocenters. The van der Waals surface area contributed by atoms with E-state index in [9.17, 15) is 24.6 Å². The molecule has 0 spiro atoms. The first-order chi connectivity index (χ1) is 28.3. The van der Waals surface area contributed by atoms with Crippen molar-refractivity contribution in [2.45, 2.75) is 92.3 Å². The highest BCUT2D eigenvalue weighted by Crippen LogP contribution is 2.32. The summed E-state index contributed by atoms with van der Waals surface area (Å²) in [7, 11) is 1.37. The maximum Gasteiger partial charge on any atom is 0.343 e. The van der Waals surface area contributed by atoms with Crippen molar-refractivity contribution in [1.82, 2.24) is 14.4 Å². The monoisotopic (exact) mass is 805 g/mol. The number of nitrogens with one attached hydrogen (secondary N) is 1. The van der Waals surface area contributed by atoms with Gasteiger partial charge in [-0.3, -0.25) is 19.0 Å². The molecule has 1 amide bonds. The fourth-order valence-electron chi connectivity index (χ4n) is 8.38. The standard InChI is InChI=1S/C46H55N5O8/c1-27-13-11-14-30(4)45(55)49-41-42-40(48-36-19-16-33(26-51(36)42)25-47-50-20-9-8-10-21-50)39-37(43(41)54)34(53)17-18-35(57-7)38(39)46(56)58-22-12-15-29(3)44(59-32(6)52)31(5)24-28(2)23-27/h11-14,16,19,22,25-29,31,35,44,53-54H,8-10,15,20-21,23-24H2,1-7H3,(H,49,55)/b13-11+,22-12+,30-14-,47-25+/t27?,28-,29-,31-,35?,44?/m1/s1. The van der Waals surface area contributed by atoms with Crippen LogP contribution >= 0.6 is 0 Å². The summed E-state index contributed by atoms with van der Waals surface area (Å²) in [4.78, 5) is 45.3. The topological polar surface area (TPSA) is 164 Å². The van der Waals surface area contributed by atoms with Crippen LogP contribution in [0.4, 0.5) is 5.69 Å². The second-order valence-electron chi connectivity index (χ2n) is 16.2. The first kappa shape index (κ1) is 42.7. The quantitative estimate of drug-likeness (QED) is 0.123. The number of aromatic nitrogens is 2. The minimum absolute atomic E-state index is 0.0248. The number of anilines is 1. The number of phenolic OH excluding ortho intramolecular Hbond substituents is 1. The number of allylic oxidation sites excluding steroid dienone is 4. The molecule has 1 aromatic carbocycles. The molecular formula is C46H55N5O8. The Morgan fingerprint density at radius 1 is 1.07 bits per heavy atom. The minimum Gasteiger partial charge on any atom is -0.505 e. The molecular weight excluding hydrogens is 751 g/mol. The highest BCUT2D eigenvalue weighted by Gasteiger charge is 2.31. The fourth-order valence-corrected chi connectivity index (χ4v) is 8.38. The number of aromatic hydroxyl groups is 1. The Morgan fingerprint density at radius 2 is 1.83 bits per heavy atom. The van der Waals surface area contributed by atoms with Gasteiger partial charge in [0.1, 0.15) is 28.5 Å². The number of aliphatic hydroxyl groups is 1. The Bertz CT molecular complexity index is 2430. The molecule has 312 valence electrons. The number of rotatable bonds is 4. The molecule has 1 aliphatic carbocycles. The number of hydrogen-bond donors (Lipinski definition) is 3. The van der Waals surface area contributed by atoms with Crippen LogP contribution in [0.3, 0.4) is 0 Å². The molecule has 2 aliphatic heterocycles. The summed E-state index contributed by atoms with van der Waals surface area (Å²) in [6, 6.07) is 3.63. The third kappa shape index (κ3) is 9.71. The van der Waals surface area contributed by atoms with E-state index in [0.29, 0.717) is 23.6 Å². The smallest absolute Gasteiger partial charge is 0.343 e. The normalized spacial score (nSPS) is 27.0. The SMILES string of the molecule is COC1C#CC(O)=c2c(O)c3c4c(nc5ccc(/C=N/N6CCCCC6)cn54)c2=C1C(=O)O/C=C/C[C@@H](C)C(OC(C)=O)[C@H](C)C[C@H](C)CC(C)/C=C/C=C(/C)C(=O)N3. The number of aliphatic hydroxyl groups excluding tert-OH is 1. The number of nitrogens with zero attached hydrogens (tertiary/aromatic N) is 4.